The zero-order valence-corrected chi connectivity index (χ0v) is 11.5. The van der Waals surface area contributed by atoms with Crippen LogP contribution in [0.2, 0.25) is 0 Å². The second kappa shape index (κ2) is 6.17. The summed E-state index contributed by atoms with van der Waals surface area (Å²) in [4.78, 5) is 22.4. The van der Waals surface area contributed by atoms with Crippen LogP contribution in [0.15, 0.2) is 18.2 Å². The van der Waals surface area contributed by atoms with Crippen LogP contribution in [-0.4, -0.2) is 28.1 Å². The number of nitro groups is 1. The van der Waals surface area contributed by atoms with Crippen LogP contribution in [0.1, 0.15) is 42.5 Å². The van der Waals surface area contributed by atoms with Crippen molar-refractivity contribution in [1.29, 1.82) is 0 Å². The molecule has 1 aromatic rings. The number of rotatable bonds is 4. The Morgan fingerprint density at radius 2 is 2.05 bits per heavy atom. The van der Waals surface area contributed by atoms with Gasteiger partial charge in [0.15, 0.2) is 0 Å². The van der Waals surface area contributed by atoms with Gasteiger partial charge in [0, 0.05) is 0 Å². The monoisotopic (exact) mass is 296 g/mol. The number of nitro benzene ring substituents is 1. The fraction of sp³-hybridized carbons (Fsp3) is 0.500. The van der Waals surface area contributed by atoms with Gasteiger partial charge in [-0.3, -0.25) is 14.9 Å². The Kier molecular flexibility index (Phi) is 4.52. The van der Waals surface area contributed by atoms with E-state index in [1.54, 1.807) is 0 Å². The van der Waals surface area contributed by atoms with Gasteiger partial charge in [0.25, 0.3) is 11.6 Å². The predicted octanol–water partition coefficient (Wildman–Crippen LogP) is 2.16. The molecule has 7 heteroatoms. The van der Waals surface area contributed by atoms with E-state index in [1.165, 1.54) is 0 Å². The van der Waals surface area contributed by atoms with Crippen LogP contribution in [0.3, 0.4) is 0 Å². The summed E-state index contributed by atoms with van der Waals surface area (Å²) >= 11 is 0. The van der Waals surface area contributed by atoms with E-state index in [4.69, 9.17) is 0 Å². The van der Waals surface area contributed by atoms with Crippen molar-refractivity contribution in [3.8, 4) is 0 Å². The molecular formula is C14H17FN2O4. The maximum atomic E-state index is 13.1. The van der Waals surface area contributed by atoms with E-state index in [0.717, 1.165) is 37.5 Å². The Balaban J connectivity index is 2.25. The third-order valence-electron chi connectivity index (χ3n) is 3.89. The summed E-state index contributed by atoms with van der Waals surface area (Å²) in [5.74, 6) is -1.43. The molecule has 0 saturated heterocycles. The number of aliphatic hydroxyl groups excluding tert-OH is 1. The SMILES string of the molecule is O=C(NC1(CO)CCCCC1)c1ccc(F)cc1[N+](=O)[O-]. The Morgan fingerprint density at radius 1 is 1.38 bits per heavy atom. The minimum Gasteiger partial charge on any atom is -0.394 e. The van der Waals surface area contributed by atoms with Crippen LogP contribution in [0.5, 0.6) is 0 Å². The molecule has 1 fully saturated rings. The highest BCUT2D eigenvalue weighted by molar-refractivity contribution is 5.98. The summed E-state index contributed by atoms with van der Waals surface area (Å²) < 4.78 is 13.1. The van der Waals surface area contributed by atoms with Gasteiger partial charge in [-0.05, 0) is 25.0 Å². The molecule has 114 valence electrons. The minimum absolute atomic E-state index is 0.195. The van der Waals surface area contributed by atoms with Crippen molar-refractivity contribution in [2.75, 3.05) is 6.61 Å². The molecule has 2 N–H and O–H groups in total. The molecule has 0 unspecified atom stereocenters. The third-order valence-corrected chi connectivity index (χ3v) is 3.89. The number of hydrogen-bond acceptors (Lipinski definition) is 4. The van der Waals surface area contributed by atoms with Crippen molar-refractivity contribution < 1.29 is 19.2 Å². The second-order valence-electron chi connectivity index (χ2n) is 5.37. The van der Waals surface area contributed by atoms with E-state index in [-0.39, 0.29) is 12.2 Å². The maximum absolute atomic E-state index is 13.1. The van der Waals surface area contributed by atoms with Gasteiger partial charge in [-0.2, -0.15) is 0 Å². The van der Waals surface area contributed by atoms with Crippen molar-refractivity contribution >= 4 is 11.6 Å². The van der Waals surface area contributed by atoms with Crippen LogP contribution >= 0.6 is 0 Å². The summed E-state index contributed by atoms with van der Waals surface area (Å²) in [5.41, 5.74) is -1.51. The van der Waals surface area contributed by atoms with Crippen molar-refractivity contribution in [1.82, 2.24) is 5.32 Å². The Bertz CT molecular complexity index is 556. The van der Waals surface area contributed by atoms with Gasteiger partial charge in [0.05, 0.1) is 23.1 Å². The minimum atomic E-state index is -0.787. The number of halogens is 1. The number of nitrogens with one attached hydrogen (secondary N) is 1. The van der Waals surface area contributed by atoms with Crippen LogP contribution in [0.25, 0.3) is 0 Å². The van der Waals surface area contributed by atoms with Crippen LogP contribution in [-0.2, 0) is 0 Å². The molecule has 1 aromatic carbocycles. The van der Waals surface area contributed by atoms with E-state index < -0.39 is 27.9 Å². The van der Waals surface area contributed by atoms with Crippen molar-refractivity contribution in [3.05, 3.63) is 39.7 Å². The van der Waals surface area contributed by atoms with Crippen molar-refractivity contribution in [3.63, 3.8) is 0 Å². The van der Waals surface area contributed by atoms with Crippen LogP contribution in [0.4, 0.5) is 10.1 Å². The van der Waals surface area contributed by atoms with Gasteiger partial charge in [-0.25, -0.2) is 4.39 Å². The molecule has 0 atom stereocenters. The standard InChI is InChI=1S/C14H17FN2O4/c15-10-4-5-11(12(8-10)17(20)21)13(19)16-14(9-18)6-2-1-3-7-14/h4-5,8,18H,1-3,6-7,9H2,(H,16,19). The van der Waals surface area contributed by atoms with Gasteiger partial charge in [0.1, 0.15) is 11.4 Å². The van der Waals surface area contributed by atoms with Gasteiger partial charge >= 0.3 is 0 Å². The fourth-order valence-corrected chi connectivity index (χ4v) is 2.71. The number of carbonyl (C=O) groups is 1. The highest BCUT2D eigenvalue weighted by atomic mass is 19.1. The molecule has 0 aromatic heterocycles. The van der Waals surface area contributed by atoms with E-state index >= 15 is 0 Å². The number of amides is 1. The first-order valence-corrected chi connectivity index (χ1v) is 6.85. The average Bonchev–Trinajstić information content (AvgIpc) is 2.47. The smallest absolute Gasteiger partial charge is 0.285 e. The zero-order chi connectivity index (χ0) is 15.5. The number of benzene rings is 1. The normalized spacial score (nSPS) is 17.2. The molecule has 21 heavy (non-hydrogen) atoms. The lowest BCUT2D eigenvalue weighted by molar-refractivity contribution is -0.385. The maximum Gasteiger partial charge on any atom is 0.285 e. The van der Waals surface area contributed by atoms with E-state index in [2.05, 4.69) is 5.32 Å². The molecule has 0 spiro atoms. The lowest BCUT2D eigenvalue weighted by Crippen LogP contribution is -2.52. The molecule has 0 aliphatic heterocycles. The first-order valence-electron chi connectivity index (χ1n) is 6.85. The Morgan fingerprint density at radius 3 is 2.62 bits per heavy atom. The molecule has 1 aliphatic rings. The molecule has 0 heterocycles. The Labute approximate surface area is 121 Å². The van der Waals surface area contributed by atoms with E-state index in [0.29, 0.717) is 12.8 Å². The topological polar surface area (TPSA) is 92.5 Å². The number of aliphatic hydroxyl groups is 1. The summed E-state index contributed by atoms with van der Waals surface area (Å²) in [6.07, 6.45) is 4.06. The molecule has 0 radical (unpaired) electrons. The van der Waals surface area contributed by atoms with Crippen molar-refractivity contribution in [2.45, 2.75) is 37.6 Å². The molecule has 1 aliphatic carbocycles. The third kappa shape index (κ3) is 3.36. The average molecular weight is 296 g/mol. The lowest BCUT2D eigenvalue weighted by atomic mass is 9.82. The summed E-state index contributed by atoms with van der Waals surface area (Å²) in [6.45, 7) is -0.215. The molecule has 1 saturated carbocycles. The van der Waals surface area contributed by atoms with Gasteiger partial charge in [0.2, 0.25) is 0 Å². The summed E-state index contributed by atoms with van der Waals surface area (Å²) in [5, 5.41) is 23.2. The quantitative estimate of drug-likeness (QED) is 0.657. The highest BCUT2D eigenvalue weighted by Crippen LogP contribution is 2.29. The summed E-state index contributed by atoms with van der Waals surface area (Å²) in [6, 6.07) is 2.83. The van der Waals surface area contributed by atoms with Gasteiger partial charge in [-0.1, -0.05) is 19.3 Å². The van der Waals surface area contributed by atoms with E-state index in [1.807, 2.05) is 0 Å². The van der Waals surface area contributed by atoms with Crippen molar-refractivity contribution in [2.24, 2.45) is 0 Å². The van der Waals surface area contributed by atoms with E-state index in [9.17, 15) is 24.4 Å². The van der Waals surface area contributed by atoms with Gasteiger partial charge in [-0.15, -0.1) is 0 Å². The Hall–Kier alpha value is -2.02. The number of hydrogen-bond donors (Lipinski definition) is 2. The number of nitrogens with zero attached hydrogens (tertiary/aromatic N) is 1. The molecule has 2 rings (SSSR count). The molecule has 0 bridgehead atoms. The first-order chi connectivity index (χ1) is 9.97. The largest absolute Gasteiger partial charge is 0.394 e. The number of carbonyl (C=O) groups excluding carboxylic acids is 1. The lowest BCUT2D eigenvalue weighted by Gasteiger charge is -2.36. The zero-order valence-electron chi connectivity index (χ0n) is 11.5. The molecule has 6 nitrogen and oxygen atoms in total. The van der Waals surface area contributed by atoms with Crippen LogP contribution < -0.4 is 5.32 Å². The summed E-state index contributed by atoms with van der Waals surface area (Å²) in [7, 11) is 0. The predicted molar refractivity (Wildman–Crippen MR) is 73.4 cm³/mol. The first kappa shape index (κ1) is 15.4. The molecule has 1 amide bonds. The van der Waals surface area contributed by atoms with Gasteiger partial charge < -0.3 is 10.4 Å². The fourth-order valence-electron chi connectivity index (χ4n) is 2.71. The molecular weight excluding hydrogens is 279 g/mol. The van der Waals surface area contributed by atoms with Crippen LogP contribution in [0, 0.1) is 15.9 Å². The second-order valence-corrected chi connectivity index (χ2v) is 5.37. The highest BCUT2D eigenvalue weighted by Gasteiger charge is 2.34.